The molecule has 1 aliphatic heterocycles. The molecule has 106 valence electrons. The number of nitrogens with zero attached hydrogens (tertiary/aromatic N) is 3. The van der Waals surface area contributed by atoms with E-state index in [0.29, 0.717) is 11.7 Å². The van der Waals surface area contributed by atoms with Crippen molar-refractivity contribution in [2.45, 2.75) is 32.4 Å². The Bertz CT molecular complexity index is 543. The van der Waals surface area contributed by atoms with Gasteiger partial charge in [-0.25, -0.2) is 0 Å². The smallest absolute Gasteiger partial charge is 0.240 e. The molecule has 0 unspecified atom stereocenters. The molecule has 0 saturated carbocycles. The number of hydrogen-bond acceptors (Lipinski definition) is 5. The summed E-state index contributed by atoms with van der Waals surface area (Å²) >= 11 is 0. The second kappa shape index (κ2) is 6.15. The number of aromatic nitrogens is 2. The van der Waals surface area contributed by atoms with Crippen LogP contribution in [0, 0.1) is 0 Å². The maximum Gasteiger partial charge on any atom is 0.240 e. The maximum absolute atomic E-state index is 5.47. The van der Waals surface area contributed by atoms with E-state index < -0.39 is 0 Å². The summed E-state index contributed by atoms with van der Waals surface area (Å²) in [4.78, 5) is 6.74. The fourth-order valence-electron chi connectivity index (χ4n) is 2.59. The van der Waals surface area contributed by atoms with Gasteiger partial charge in [-0.3, -0.25) is 4.90 Å². The minimum Gasteiger partial charge on any atom is -0.338 e. The maximum atomic E-state index is 5.47. The van der Waals surface area contributed by atoms with Gasteiger partial charge in [0.2, 0.25) is 11.7 Å². The molecule has 5 nitrogen and oxygen atoms in total. The molecular formula is C15H20N4O. The molecule has 20 heavy (non-hydrogen) atoms. The van der Waals surface area contributed by atoms with Crippen molar-refractivity contribution in [3.63, 3.8) is 0 Å². The first-order valence-electron chi connectivity index (χ1n) is 7.19. The van der Waals surface area contributed by atoms with Gasteiger partial charge >= 0.3 is 0 Å². The van der Waals surface area contributed by atoms with Crippen LogP contribution in [0.25, 0.3) is 11.4 Å². The highest BCUT2D eigenvalue weighted by atomic mass is 16.5. The zero-order valence-electron chi connectivity index (χ0n) is 11.6. The molecular weight excluding hydrogens is 252 g/mol. The average molecular weight is 272 g/mol. The van der Waals surface area contributed by atoms with E-state index in [1.807, 2.05) is 12.1 Å². The zero-order valence-corrected chi connectivity index (χ0v) is 11.6. The van der Waals surface area contributed by atoms with Crippen LogP contribution in [0.5, 0.6) is 0 Å². The van der Waals surface area contributed by atoms with Crippen LogP contribution in [0.1, 0.15) is 30.7 Å². The summed E-state index contributed by atoms with van der Waals surface area (Å²) in [5.41, 5.74) is 7.77. The van der Waals surface area contributed by atoms with Gasteiger partial charge in [-0.15, -0.1) is 0 Å². The van der Waals surface area contributed by atoms with Crippen molar-refractivity contribution in [3.05, 3.63) is 35.7 Å². The summed E-state index contributed by atoms with van der Waals surface area (Å²) in [6.07, 6.45) is 4.02. The van der Waals surface area contributed by atoms with Crippen molar-refractivity contribution in [3.8, 4) is 11.4 Å². The van der Waals surface area contributed by atoms with Gasteiger partial charge in [0.25, 0.3) is 0 Å². The topological polar surface area (TPSA) is 68.2 Å². The summed E-state index contributed by atoms with van der Waals surface area (Å²) in [5.74, 6) is 1.08. The Morgan fingerprint density at radius 1 is 1.10 bits per heavy atom. The molecule has 1 aromatic heterocycles. The first-order valence-corrected chi connectivity index (χ1v) is 7.19. The first kappa shape index (κ1) is 13.3. The van der Waals surface area contributed by atoms with Gasteiger partial charge in [0.05, 0.1) is 6.54 Å². The third-order valence-corrected chi connectivity index (χ3v) is 3.71. The van der Waals surface area contributed by atoms with Crippen LogP contribution in [-0.2, 0) is 13.1 Å². The van der Waals surface area contributed by atoms with Crippen LogP contribution in [0.3, 0.4) is 0 Å². The number of rotatable bonds is 4. The molecule has 5 heteroatoms. The van der Waals surface area contributed by atoms with Crippen molar-refractivity contribution in [1.82, 2.24) is 15.0 Å². The van der Waals surface area contributed by atoms with Crippen molar-refractivity contribution in [2.24, 2.45) is 5.73 Å². The van der Waals surface area contributed by atoms with Crippen LogP contribution >= 0.6 is 0 Å². The molecule has 0 bridgehead atoms. The lowest BCUT2D eigenvalue weighted by atomic mass is 10.1. The zero-order chi connectivity index (χ0) is 13.8. The number of likely N-dealkylation sites (tertiary alicyclic amines) is 1. The normalized spacial score (nSPS) is 16.4. The van der Waals surface area contributed by atoms with Crippen LogP contribution < -0.4 is 5.73 Å². The van der Waals surface area contributed by atoms with Crippen molar-refractivity contribution < 1.29 is 4.52 Å². The summed E-state index contributed by atoms with van der Waals surface area (Å²) in [7, 11) is 0. The van der Waals surface area contributed by atoms with Gasteiger partial charge in [-0.05, 0) is 31.5 Å². The Kier molecular flexibility index (Phi) is 4.08. The molecule has 2 heterocycles. The molecule has 1 aromatic carbocycles. The van der Waals surface area contributed by atoms with Crippen LogP contribution in [0.4, 0.5) is 0 Å². The van der Waals surface area contributed by atoms with Crippen molar-refractivity contribution >= 4 is 0 Å². The molecule has 0 atom stereocenters. The van der Waals surface area contributed by atoms with Gasteiger partial charge in [-0.2, -0.15) is 4.98 Å². The number of hydrogen-bond donors (Lipinski definition) is 1. The van der Waals surface area contributed by atoms with E-state index in [0.717, 1.165) is 12.1 Å². The minimum absolute atomic E-state index is 0.278. The van der Waals surface area contributed by atoms with E-state index in [1.165, 1.54) is 37.9 Å². The fraction of sp³-hybridized carbons (Fsp3) is 0.467. The highest BCUT2D eigenvalue weighted by molar-refractivity contribution is 5.54. The van der Waals surface area contributed by atoms with Crippen LogP contribution in [-0.4, -0.2) is 28.1 Å². The van der Waals surface area contributed by atoms with E-state index in [4.69, 9.17) is 10.3 Å². The molecule has 2 N–H and O–H groups in total. The third-order valence-electron chi connectivity index (χ3n) is 3.71. The van der Waals surface area contributed by atoms with Crippen molar-refractivity contribution in [1.29, 1.82) is 0 Å². The molecule has 0 radical (unpaired) electrons. The predicted molar refractivity (Wildman–Crippen MR) is 76.8 cm³/mol. The Morgan fingerprint density at radius 3 is 2.50 bits per heavy atom. The van der Waals surface area contributed by atoms with Gasteiger partial charge in [0, 0.05) is 12.1 Å². The lowest BCUT2D eigenvalue weighted by molar-refractivity contribution is 0.221. The quantitative estimate of drug-likeness (QED) is 0.924. The number of benzene rings is 1. The highest BCUT2D eigenvalue weighted by Gasteiger charge is 2.11. The van der Waals surface area contributed by atoms with Gasteiger partial charge in [-0.1, -0.05) is 35.8 Å². The summed E-state index contributed by atoms with van der Waals surface area (Å²) in [6.45, 7) is 3.74. The van der Waals surface area contributed by atoms with E-state index in [-0.39, 0.29) is 6.54 Å². The largest absolute Gasteiger partial charge is 0.338 e. The predicted octanol–water partition coefficient (Wildman–Crippen LogP) is 2.18. The summed E-state index contributed by atoms with van der Waals surface area (Å²) in [5, 5.41) is 3.93. The molecule has 2 aromatic rings. The number of piperidine rings is 1. The lowest BCUT2D eigenvalue weighted by Crippen LogP contribution is -2.28. The van der Waals surface area contributed by atoms with Gasteiger partial charge < -0.3 is 10.3 Å². The van der Waals surface area contributed by atoms with Gasteiger partial charge in [0.1, 0.15) is 0 Å². The Balaban J connectivity index is 1.67. The summed E-state index contributed by atoms with van der Waals surface area (Å²) in [6, 6.07) is 8.37. The first-order chi connectivity index (χ1) is 9.85. The second-order valence-electron chi connectivity index (χ2n) is 5.25. The fourth-order valence-corrected chi connectivity index (χ4v) is 2.59. The monoisotopic (exact) mass is 272 g/mol. The Labute approximate surface area is 118 Å². The molecule has 1 saturated heterocycles. The average Bonchev–Trinajstić information content (AvgIpc) is 2.98. The van der Waals surface area contributed by atoms with E-state index in [9.17, 15) is 0 Å². The SMILES string of the molecule is NCc1nc(-c2ccc(CN3CCCCC3)cc2)no1. The highest BCUT2D eigenvalue weighted by Crippen LogP contribution is 2.18. The molecule has 1 fully saturated rings. The van der Waals surface area contributed by atoms with Crippen LogP contribution in [0.15, 0.2) is 28.8 Å². The minimum atomic E-state index is 0.278. The molecule has 0 spiro atoms. The van der Waals surface area contributed by atoms with Gasteiger partial charge in [0.15, 0.2) is 0 Å². The number of nitrogens with two attached hydrogens (primary N) is 1. The van der Waals surface area contributed by atoms with Crippen molar-refractivity contribution in [2.75, 3.05) is 13.1 Å². The molecule has 1 aliphatic rings. The standard InChI is InChI=1S/C15H20N4O/c16-10-14-17-15(18-20-14)13-6-4-12(5-7-13)11-19-8-2-1-3-9-19/h4-7H,1-3,8-11,16H2. The Hall–Kier alpha value is -1.72. The van der Waals surface area contributed by atoms with E-state index in [1.54, 1.807) is 0 Å². The molecule has 0 aliphatic carbocycles. The molecule has 0 amide bonds. The third kappa shape index (κ3) is 3.05. The summed E-state index contributed by atoms with van der Waals surface area (Å²) < 4.78 is 5.03. The van der Waals surface area contributed by atoms with Crippen LogP contribution in [0.2, 0.25) is 0 Å². The molecule has 3 rings (SSSR count). The second-order valence-corrected chi connectivity index (χ2v) is 5.25. The lowest BCUT2D eigenvalue weighted by Gasteiger charge is -2.26. The Morgan fingerprint density at radius 2 is 1.85 bits per heavy atom. The van der Waals surface area contributed by atoms with E-state index in [2.05, 4.69) is 27.2 Å². The van der Waals surface area contributed by atoms with E-state index >= 15 is 0 Å².